The minimum absolute atomic E-state index is 0.0968. The van der Waals surface area contributed by atoms with E-state index >= 15 is 0 Å². The summed E-state index contributed by atoms with van der Waals surface area (Å²) in [6.45, 7) is 1.94. The second-order valence-corrected chi connectivity index (χ2v) is 12.6. The highest BCUT2D eigenvalue weighted by Gasteiger charge is 2.35. The van der Waals surface area contributed by atoms with E-state index in [0.29, 0.717) is 48.9 Å². The van der Waals surface area contributed by atoms with Crippen molar-refractivity contribution in [2.75, 3.05) is 50.6 Å². The van der Waals surface area contributed by atoms with Gasteiger partial charge in [0.05, 0.1) is 18.8 Å². The number of benzene rings is 1. The maximum atomic E-state index is 14.6. The van der Waals surface area contributed by atoms with Gasteiger partial charge in [0.15, 0.2) is 11.5 Å². The standard InChI is InChI=1S/C32H31F3N6O4S/c1-39(2)30(43)24-13-18-16-36-31(38-29(18)41(24)20-5-3-4-6-20)37-19-7-8-21(23(14-19)32(33,34)35)22-17-46-28-25(42)15-26(45-27(22)28)40-9-11-44-12-10-40/h7-8,13-17,20H,3-6,9-12H2,1-2H3,(H,36,37,38). The van der Waals surface area contributed by atoms with Gasteiger partial charge in [-0.15, -0.1) is 11.3 Å². The van der Waals surface area contributed by atoms with Crippen LogP contribution in [0.4, 0.5) is 30.7 Å². The number of ether oxygens (including phenoxy) is 1. The molecule has 0 spiro atoms. The number of nitrogens with one attached hydrogen (secondary N) is 1. The predicted octanol–water partition coefficient (Wildman–Crippen LogP) is 6.68. The lowest BCUT2D eigenvalue weighted by Crippen LogP contribution is -2.36. The number of amides is 1. The first-order chi connectivity index (χ1) is 22.1. The molecule has 1 amide bonds. The van der Waals surface area contributed by atoms with Crippen molar-refractivity contribution >= 4 is 56.1 Å². The molecule has 0 bridgehead atoms. The molecule has 0 radical (unpaired) electrons. The molecule has 5 aromatic rings. The molecule has 1 saturated heterocycles. The molecule has 1 aliphatic heterocycles. The van der Waals surface area contributed by atoms with Crippen molar-refractivity contribution in [1.82, 2.24) is 19.4 Å². The number of alkyl halides is 3. The Morgan fingerprint density at radius 2 is 1.85 bits per heavy atom. The van der Waals surface area contributed by atoms with E-state index in [-0.39, 0.29) is 50.4 Å². The Balaban J connectivity index is 1.27. The number of rotatable bonds is 6. The fourth-order valence-electron chi connectivity index (χ4n) is 6.27. The van der Waals surface area contributed by atoms with Crippen LogP contribution >= 0.6 is 11.3 Å². The largest absolute Gasteiger partial charge is 0.439 e. The third-order valence-electron chi connectivity index (χ3n) is 8.52. The molecule has 1 aromatic carbocycles. The van der Waals surface area contributed by atoms with E-state index < -0.39 is 11.7 Å². The van der Waals surface area contributed by atoms with Crippen molar-refractivity contribution in [2.45, 2.75) is 37.9 Å². The predicted molar refractivity (Wildman–Crippen MR) is 170 cm³/mol. The van der Waals surface area contributed by atoms with Crippen LogP contribution < -0.4 is 15.6 Å². The second-order valence-electron chi connectivity index (χ2n) is 11.7. The Kier molecular flexibility index (Phi) is 7.71. The lowest BCUT2D eigenvalue weighted by atomic mass is 10.00. The van der Waals surface area contributed by atoms with Crippen molar-refractivity contribution in [3.63, 3.8) is 0 Å². The van der Waals surface area contributed by atoms with Gasteiger partial charge in [-0.25, -0.2) is 4.98 Å². The number of halogens is 3. The smallest absolute Gasteiger partial charge is 0.417 e. The molecule has 0 unspecified atom stereocenters. The normalized spacial score (nSPS) is 16.1. The quantitative estimate of drug-likeness (QED) is 0.217. The summed E-state index contributed by atoms with van der Waals surface area (Å²) in [5.41, 5.74) is 0.193. The molecule has 0 atom stereocenters. The number of carbonyl (C=O) groups excluding carboxylic acids is 1. The average Bonchev–Trinajstić information content (AvgIpc) is 3.79. The third kappa shape index (κ3) is 5.49. The van der Waals surface area contributed by atoms with Crippen LogP contribution in [-0.2, 0) is 10.9 Å². The van der Waals surface area contributed by atoms with Gasteiger partial charge >= 0.3 is 6.18 Å². The molecule has 2 fully saturated rings. The maximum Gasteiger partial charge on any atom is 0.417 e. The van der Waals surface area contributed by atoms with E-state index in [1.165, 1.54) is 28.5 Å². The molecule has 2 aliphatic rings. The molecule has 4 aromatic heterocycles. The summed E-state index contributed by atoms with van der Waals surface area (Å²) in [6, 6.07) is 7.13. The number of carbonyl (C=O) groups is 1. The van der Waals surface area contributed by atoms with Crippen molar-refractivity contribution in [2.24, 2.45) is 0 Å². The zero-order valence-corrected chi connectivity index (χ0v) is 26.0. The van der Waals surface area contributed by atoms with Gasteiger partial charge < -0.3 is 28.8 Å². The Hall–Kier alpha value is -4.43. The van der Waals surface area contributed by atoms with E-state index in [9.17, 15) is 22.8 Å². The molecule has 1 saturated carbocycles. The molecular formula is C32H31F3N6O4S. The highest BCUT2D eigenvalue weighted by atomic mass is 32.1. The SMILES string of the molecule is CN(C)C(=O)c1cc2cnc(Nc3ccc(-c4csc5c(=O)cc(N6CCOCC6)oc45)c(C(F)(F)F)c3)nc2n1C1CCCC1. The number of thiophene rings is 1. The zero-order chi connectivity index (χ0) is 32.2. The minimum Gasteiger partial charge on any atom is -0.439 e. The molecule has 10 nitrogen and oxygen atoms in total. The Morgan fingerprint density at radius 3 is 2.57 bits per heavy atom. The Morgan fingerprint density at radius 1 is 1.09 bits per heavy atom. The summed E-state index contributed by atoms with van der Waals surface area (Å²) in [4.78, 5) is 38.3. The summed E-state index contributed by atoms with van der Waals surface area (Å²) in [7, 11) is 3.38. The van der Waals surface area contributed by atoms with Crippen molar-refractivity contribution in [1.29, 1.82) is 0 Å². The van der Waals surface area contributed by atoms with Crippen LogP contribution in [0.25, 0.3) is 32.4 Å². The van der Waals surface area contributed by atoms with Crippen LogP contribution in [0.5, 0.6) is 0 Å². The Labute approximate surface area is 265 Å². The molecule has 1 aliphatic carbocycles. The number of nitrogens with zero attached hydrogens (tertiary/aromatic N) is 5. The fourth-order valence-corrected chi connectivity index (χ4v) is 7.17. The zero-order valence-electron chi connectivity index (χ0n) is 25.2. The summed E-state index contributed by atoms with van der Waals surface area (Å²) < 4.78 is 57.4. The van der Waals surface area contributed by atoms with Crippen molar-refractivity contribution in [3.05, 3.63) is 63.4 Å². The van der Waals surface area contributed by atoms with Crippen LogP contribution in [0.3, 0.4) is 0 Å². The molecule has 46 heavy (non-hydrogen) atoms. The number of hydrogen-bond acceptors (Lipinski definition) is 9. The van der Waals surface area contributed by atoms with Crippen molar-refractivity contribution in [3.8, 4) is 11.1 Å². The van der Waals surface area contributed by atoms with Gasteiger partial charge in [-0.1, -0.05) is 18.9 Å². The minimum atomic E-state index is -4.72. The van der Waals surface area contributed by atoms with Gasteiger partial charge in [-0.05, 0) is 36.6 Å². The third-order valence-corrected chi connectivity index (χ3v) is 9.49. The van der Waals surface area contributed by atoms with Crippen LogP contribution in [-0.4, -0.2) is 65.7 Å². The van der Waals surface area contributed by atoms with E-state index in [1.54, 1.807) is 26.4 Å². The number of hydrogen-bond donors (Lipinski definition) is 1. The van der Waals surface area contributed by atoms with Crippen LogP contribution in [0.1, 0.15) is 47.8 Å². The fraction of sp³-hybridized carbons (Fsp3) is 0.375. The van der Waals surface area contributed by atoms with E-state index in [2.05, 4.69) is 15.3 Å². The number of morpholine rings is 1. The Bertz CT molecular complexity index is 2000. The van der Waals surface area contributed by atoms with Gasteiger partial charge in [0, 0.05) is 67.5 Å². The molecule has 7 rings (SSSR count). The van der Waals surface area contributed by atoms with Crippen LogP contribution in [0, 0.1) is 0 Å². The molecule has 1 N–H and O–H groups in total. The second kappa shape index (κ2) is 11.7. The van der Waals surface area contributed by atoms with Crippen LogP contribution in [0.15, 0.2) is 51.1 Å². The lowest BCUT2D eigenvalue weighted by molar-refractivity contribution is -0.137. The number of fused-ring (bicyclic) bond motifs is 2. The van der Waals surface area contributed by atoms with Gasteiger partial charge in [-0.3, -0.25) is 9.59 Å². The summed E-state index contributed by atoms with van der Waals surface area (Å²) >= 11 is 1.05. The first kappa shape index (κ1) is 30.2. The van der Waals surface area contributed by atoms with E-state index in [0.717, 1.165) is 43.1 Å². The summed E-state index contributed by atoms with van der Waals surface area (Å²) in [5.74, 6) is 0.257. The molecule has 240 valence electrons. The maximum absolute atomic E-state index is 14.6. The summed E-state index contributed by atoms with van der Waals surface area (Å²) in [6.07, 6.45) is 0.762. The summed E-state index contributed by atoms with van der Waals surface area (Å²) in [5, 5.41) is 5.14. The number of aromatic nitrogens is 3. The number of anilines is 3. The van der Waals surface area contributed by atoms with Gasteiger partial charge in [0.1, 0.15) is 16.0 Å². The first-order valence-corrected chi connectivity index (χ1v) is 15.9. The highest BCUT2D eigenvalue weighted by Crippen LogP contribution is 2.43. The average molecular weight is 653 g/mol. The monoisotopic (exact) mass is 652 g/mol. The van der Waals surface area contributed by atoms with Crippen molar-refractivity contribution < 1.29 is 27.1 Å². The van der Waals surface area contributed by atoms with Gasteiger partial charge in [0.25, 0.3) is 5.91 Å². The van der Waals surface area contributed by atoms with Crippen LogP contribution in [0.2, 0.25) is 0 Å². The molecule has 5 heterocycles. The van der Waals surface area contributed by atoms with E-state index in [4.69, 9.17) is 9.15 Å². The first-order valence-electron chi connectivity index (χ1n) is 15.0. The topological polar surface area (TPSA) is 106 Å². The van der Waals surface area contributed by atoms with E-state index in [1.807, 2.05) is 9.47 Å². The molecule has 14 heteroatoms. The highest BCUT2D eigenvalue weighted by molar-refractivity contribution is 7.17. The molecular weight excluding hydrogens is 621 g/mol. The lowest BCUT2D eigenvalue weighted by Gasteiger charge is -2.27. The van der Waals surface area contributed by atoms with Gasteiger partial charge in [-0.2, -0.15) is 18.2 Å². The van der Waals surface area contributed by atoms with Gasteiger partial charge in [0.2, 0.25) is 11.4 Å².